The van der Waals surface area contributed by atoms with Crippen LogP contribution in [-0.2, 0) is 10.9 Å². The van der Waals surface area contributed by atoms with Gasteiger partial charge in [0.2, 0.25) is 5.96 Å². The zero-order valence-electron chi connectivity index (χ0n) is 24.4. The average Bonchev–Trinajstić information content (AvgIpc) is 3.42. The second-order valence-corrected chi connectivity index (χ2v) is 11.3. The van der Waals surface area contributed by atoms with E-state index < -0.39 is 17.8 Å². The molecule has 2 aromatic rings. The summed E-state index contributed by atoms with van der Waals surface area (Å²) in [6.07, 6.45) is -0.417. The summed E-state index contributed by atoms with van der Waals surface area (Å²) in [4.78, 5) is 18.5. The van der Waals surface area contributed by atoms with Crippen molar-refractivity contribution >= 4 is 46.7 Å². The van der Waals surface area contributed by atoms with Crippen molar-refractivity contribution < 1.29 is 27.4 Å². The molecule has 0 aromatic heterocycles. The maximum atomic E-state index is 13.7. The SMILES string of the molecule is C=CCOC(=O)NCCC1CN(C(=Nc2cc(C(F)(F)F)ccc2OC2CCN(C)CC2)NC#N)N=C1c1ccc(Cl)c(Cl)c1. The van der Waals surface area contributed by atoms with Crippen LogP contribution >= 0.6 is 23.2 Å². The van der Waals surface area contributed by atoms with E-state index in [0.717, 1.165) is 25.2 Å². The van der Waals surface area contributed by atoms with Crippen molar-refractivity contribution in [2.45, 2.75) is 31.5 Å². The minimum Gasteiger partial charge on any atom is -0.488 e. The predicted octanol–water partition coefficient (Wildman–Crippen LogP) is 6.18. The highest BCUT2D eigenvalue weighted by atomic mass is 35.5. The van der Waals surface area contributed by atoms with E-state index in [-0.39, 0.29) is 49.1 Å². The average molecular weight is 667 g/mol. The number of nitrogens with zero attached hydrogens (tertiary/aromatic N) is 5. The van der Waals surface area contributed by atoms with Crippen LogP contribution in [0.25, 0.3) is 0 Å². The molecule has 1 fully saturated rings. The number of alkyl carbamates (subject to hydrolysis) is 1. The molecule has 1 saturated heterocycles. The number of nitrogens with one attached hydrogen (secondary N) is 2. The molecule has 0 aliphatic carbocycles. The zero-order chi connectivity index (χ0) is 32.6. The topological polar surface area (TPSA) is 115 Å². The van der Waals surface area contributed by atoms with Gasteiger partial charge in [-0.3, -0.25) is 5.32 Å². The summed E-state index contributed by atoms with van der Waals surface area (Å²) in [5.41, 5.74) is 0.159. The van der Waals surface area contributed by atoms with Crippen molar-refractivity contribution in [2.24, 2.45) is 16.0 Å². The molecule has 2 aliphatic rings. The van der Waals surface area contributed by atoms with Crippen molar-refractivity contribution in [3.63, 3.8) is 0 Å². The molecule has 1 amide bonds. The van der Waals surface area contributed by atoms with E-state index in [1.54, 1.807) is 24.4 Å². The second-order valence-electron chi connectivity index (χ2n) is 10.5. The van der Waals surface area contributed by atoms with Gasteiger partial charge in [0.05, 0.1) is 27.9 Å². The van der Waals surface area contributed by atoms with Gasteiger partial charge in [0, 0.05) is 25.6 Å². The molecule has 240 valence electrons. The van der Waals surface area contributed by atoms with Crippen molar-refractivity contribution in [2.75, 3.05) is 39.8 Å². The Bertz CT molecular complexity index is 1490. The molecule has 2 N–H and O–H groups in total. The third-order valence-corrected chi connectivity index (χ3v) is 7.94. The Hall–Kier alpha value is -3.99. The lowest BCUT2D eigenvalue weighted by molar-refractivity contribution is -0.137. The van der Waals surface area contributed by atoms with E-state index in [0.29, 0.717) is 40.6 Å². The monoisotopic (exact) mass is 665 g/mol. The maximum Gasteiger partial charge on any atom is 0.416 e. The van der Waals surface area contributed by atoms with E-state index in [1.807, 2.05) is 7.05 Å². The summed E-state index contributed by atoms with van der Waals surface area (Å²) in [5, 5.41) is 21.4. The Kier molecular flexibility index (Phi) is 11.6. The first-order chi connectivity index (χ1) is 21.5. The van der Waals surface area contributed by atoms with Gasteiger partial charge in [-0.15, -0.1) is 0 Å². The Morgan fingerprint density at radius 3 is 2.64 bits per heavy atom. The normalized spacial score (nSPS) is 17.8. The van der Waals surface area contributed by atoms with Gasteiger partial charge in [0.1, 0.15) is 24.1 Å². The number of hydrazone groups is 1. The molecule has 15 heteroatoms. The van der Waals surface area contributed by atoms with Gasteiger partial charge in [-0.1, -0.05) is 41.9 Å². The van der Waals surface area contributed by atoms with E-state index in [4.69, 9.17) is 32.7 Å². The lowest BCUT2D eigenvalue weighted by Gasteiger charge is -2.29. The number of carbonyl (C=O) groups is 1. The highest BCUT2D eigenvalue weighted by molar-refractivity contribution is 6.42. The van der Waals surface area contributed by atoms with Crippen LogP contribution in [0.15, 0.2) is 59.1 Å². The van der Waals surface area contributed by atoms with Crippen LogP contribution in [0.3, 0.4) is 0 Å². The Morgan fingerprint density at radius 2 is 1.98 bits per heavy atom. The van der Waals surface area contributed by atoms with Crippen molar-refractivity contribution in [1.82, 2.24) is 20.5 Å². The standard InChI is InChI=1S/C30H32Cl2F3N7O3/c1-3-14-44-29(43)37-11-8-20-17-42(40-27(20)19-4-6-23(31)24(32)15-19)28(38-18-36)39-25-16-21(30(33,34)35)5-7-26(25)45-22-9-12-41(2)13-10-22/h3-7,15-16,20,22H,1,8-14,17H2,2H3,(H,37,43)(H,38,39). The van der Waals surface area contributed by atoms with Gasteiger partial charge in [-0.25, -0.2) is 14.8 Å². The summed E-state index contributed by atoms with van der Waals surface area (Å²) in [5.74, 6) is -0.269. The fourth-order valence-electron chi connectivity index (χ4n) is 4.87. The molecule has 0 saturated carbocycles. The number of amides is 1. The van der Waals surface area contributed by atoms with Gasteiger partial charge in [-0.05, 0) is 62.2 Å². The number of likely N-dealkylation sites (tertiary alicyclic amines) is 1. The smallest absolute Gasteiger partial charge is 0.416 e. The second kappa shape index (κ2) is 15.3. The first kappa shape index (κ1) is 33.9. The number of rotatable bonds is 9. The van der Waals surface area contributed by atoms with Gasteiger partial charge in [0.25, 0.3) is 0 Å². The fraction of sp³-hybridized carbons (Fsp3) is 0.400. The number of piperidine rings is 1. The first-order valence-electron chi connectivity index (χ1n) is 14.1. The van der Waals surface area contributed by atoms with E-state index in [2.05, 4.69) is 32.2 Å². The summed E-state index contributed by atoms with van der Waals surface area (Å²) >= 11 is 12.4. The number of benzene rings is 2. The predicted molar refractivity (Wildman–Crippen MR) is 166 cm³/mol. The number of alkyl halides is 3. The van der Waals surface area contributed by atoms with Gasteiger partial charge in [-0.2, -0.15) is 23.5 Å². The highest BCUT2D eigenvalue weighted by Crippen LogP contribution is 2.38. The molecule has 2 aliphatic heterocycles. The molecule has 2 heterocycles. The number of hydrogen-bond donors (Lipinski definition) is 2. The molecule has 1 atom stereocenters. The number of carbonyl (C=O) groups excluding carboxylic acids is 1. The minimum atomic E-state index is -4.63. The summed E-state index contributed by atoms with van der Waals surface area (Å²) in [6.45, 7) is 5.52. The van der Waals surface area contributed by atoms with E-state index in [9.17, 15) is 23.2 Å². The summed E-state index contributed by atoms with van der Waals surface area (Å²) < 4.78 is 52.3. The molecule has 1 unspecified atom stereocenters. The van der Waals surface area contributed by atoms with Crippen LogP contribution in [0.2, 0.25) is 10.0 Å². The molecule has 0 spiro atoms. The molecule has 45 heavy (non-hydrogen) atoms. The zero-order valence-corrected chi connectivity index (χ0v) is 25.9. The van der Waals surface area contributed by atoms with Crippen LogP contribution in [0.4, 0.5) is 23.7 Å². The molecular formula is C30H32Cl2F3N7O3. The van der Waals surface area contributed by atoms with E-state index in [1.165, 1.54) is 17.2 Å². The number of hydrogen-bond acceptors (Lipinski definition) is 7. The lowest BCUT2D eigenvalue weighted by atomic mass is 9.94. The van der Waals surface area contributed by atoms with Crippen molar-refractivity contribution in [3.8, 4) is 11.9 Å². The number of aliphatic imine (C=N–C) groups is 1. The fourth-order valence-corrected chi connectivity index (χ4v) is 5.17. The van der Waals surface area contributed by atoms with Crippen LogP contribution in [-0.4, -0.2) is 73.6 Å². The molecule has 4 rings (SSSR count). The maximum absolute atomic E-state index is 13.7. The largest absolute Gasteiger partial charge is 0.488 e. The van der Waals surface area contributed by atoms with Crippen molar-refractivity contribution in [3.05, 3.63) is 70.2 Å². The van der Waals surface area contributed by atoms with Crippen LogP contribution in [0.5, 0.6) is 5.75 Å². The van der Waals surface area contributed by atoms with Crippen LogP contribution in [0, 0.1) is 17.4 Å². The Balaban J connectivity index is 1.67. The molecule has 0 radical (unpaired) electrons. The third-order valence-electron chi connectivity index (χ3n) is 7.20. The number of ether oxygens (including phenoxy) is 2. The number of nitriles is 1. The summed E-state index contributed by atoms with van der Waals surface area (Å²) in [6, 6.07) is 8.06. The Labute approximate surface area is 269 Å². The lowest BCUT2D eigenvalue weighted by Crippen LogP contribution is -2.36. The van der Waals surface area contributed by atoms with Crippen LogP contribution < -0.4 is 15.4 Å². The molecule has 0 bridgehead atoms. The van der Waals surface area contributed by atoms with Crippen LogP contribution in [0.1, 0.15) is 30.4 Å². The van der Waals surface area contributed by atoms with Gasteiger partial charge >= 0.3 is 12.3 Å². The Morgan fingerprint density at radius 1 is 1.22 bits per heavy atom. The summed E-state index contributed by atoms with van der Waals surface area (Å²) in [7, 11) is 1.99. The van der Waals surface area contributed by atoms with Crippen molar-refractivity contribution in [1.29, 1.82) is 5.26 Å². The highest BCUT2D eigenvalue weighted by Gasteiger charge is 2.33. The number of guanidine groups is 1. The molecule has 2 aromatic carbocycles. The quantitative estimate of drug-likeness (QED) is 0.108. The molecule has 10 nitrogen and oxygen atoms in total. The molecular weight excluding hydrogens is 634 g/mol. The van der Waals surface area contributed by atoms with E-state index >= 15 is 0 Å². The third kappa shape index (κ3) is 9.26. The van der Waals surface area contributed by atoms with Gasteiger partial charge in [0.15, 0.2) is 6.19 Å². The minimum absolute atomic E-state index is 0.0533. The first-order valence-corrected chi connectivity index (χ1v) is 14.9. The van der Waals surface area contributed by atoms with Gasteiger partial charge < -0.3 is 19.7 Å². The number of halogens is 5.